The molecule has 0 spiro atoms. The molecule has 0 amide bonds. The summed E-state index contributed by atoms with van der Waals surface area (Å²) in [7, 11) is 1.63. The number of rotatable bonds is 4. The Morgan fingerprint density at radius 2 is 1.76 bits per heavy atom. The topological polar surface area (TPSA) is 47.3 Å². The summed E-state index contributed by atoms with van der Waals surface area (Å²) >= 11 is 0. The SMILES string of the molecule is COc1ccccc1-c1nn(-c2ccccc2)cc1CO. The number of aliphatic hydroxyl groups excluding tert-OH is 1. The van der Waals surface area contributed by atoms with Crippen molar-refractivity contribution < 1.29 is 9.84 Å². The van der Waals surface area contributed by atoms with Gasteiger partial charge in [0.2, 0.25) is 0 Å². The Labute approximate surface area is 123 Å². The lowest BCUT2D eigenvalue weighted by molar-refractivity contribution is 0.282. The van der Waals surface area contributed by atoms with E-state index in [-0.39, 0.29) is 6.61 Å². The van der Waals surface area contributed by atoms with E-state index in [1.165, 1.54) is 0 Å². The normalized spacial score (nSPS) is 10.6. The summed E-state index contributed by atoms with van der Waals surface area (Å²) in [4.78, 5) is 0. The van der Waals surface area contributed by atoms with Crippen LogP contribution in [0.4, 0.5) is 0 Å². The van der Waals surface area contributed by atoms with Crippen LogP contribution >= 0.6 is 0 Å². The first-order chi connectivity index (χ1) is 10.3. The lowest BCUT2D eigenvalue weighted by Gasteiger charge is -2.06. The van der Waals surface area contributed by atoms with Gasteiger partial charge in [-0.15, -0.1) is 0 Å². The van der Waals surface area contributed by atoms with Crippen molar-refractivity contribution in [3.8, 4) is 22.7 Å². The van der Waals surface area contributed by atoms with Crippen LogP contribution in [-0.4, -0.2) is 22.0 Å². The zero-order valence-corrected chi connectivity index (χ0v) is 11.7. The van der Waals surface area contributed by atoms with E-state index in [4.69, 9.17) is 4.74 Å². The summed E-state index contributed by atoms with van der Waals surface area (Å²) in [6.07, 6.45) is 1.84. The molecule has 0 radical (unpaired) electrons. The minimum atomic E-state index is -0.0692. The van der Waals surface area contributed by atoms with E-state index in [9.17, 15) is 5.11 Å². The summed E-state index contributed by atoms with van der Waals surface area (Å²) in [5, 5.41) is 14.2. The standard InChI is InChI=1S/C17H16N2O2/c1-21-16-10-6-5-9-15(16)17-13(12-20)11-19(18-17)14-7-3-2-4-8-14/h2-11,20H,12H2,1H3. The van der Waals surface area contributed by atoms with Crippen molar-refractivity contribution in [1.29, 1.82) is 0 Å². The van der Waals surface area contributed by atoms with Gasteiger partial charge in [-0.2, -0.15) is 5.10 Å². The molecule has 1 heterocycles. The molecule has 0 aliphatic heterocycles. The van der Waals surface area contributed by atoms with Gasteiger partial charge in [-0.1, -0.05) is 30.3 Å². The maximum absolute atomic E-state index is 9.61. The monoisotopic (exact) mass is 280 g/mol. The average molecular weight is 280 g/mol. The second-order valence-corrected chi connectivity index (χ2v) is 4.64. The molecule has 106 valence electrons. The number of benzene rings is 2. The number of ether oxygens (including phenoxy) is 1. The van der Waals surface area contributed by atoms with Gasteiger partial charge in [-0.25, -0.2) is 4.68 Å². The predicted octanol–water partition coefficient (Wildman–Crippen LogP) is 3.04. The van der Waals surface area contributed by atoms with Gasteiger partial charge in [0.25, 0.3) is 0 Å². The minimum absolute atomic E-state index is 0.0692. The molecule has 0 unspecified atom stereocenters. The number of methoxy groups -OCH3 is 1. The van der Waals surface area contributed by atoms with Crippen LogP contribution in [0.15, 0.2) is 60.8 Å². The molecular formula is C17H16N2O2. The van der Waals surface area contributed by atoms with Gasteiger partial charge in [0, 0.05) is 17.3 Å². The molecule has 0 bridgehead atoms. The zero-order chi connectivity index (χ0) is 14.7. The van der Waals surface area contributed by atoms with Crippen molar-refractivity contribution >= 4 is 0 Å². The van der Waals surface area contributed by atoms with Gasteiger partial charge in [0.1, 0.15) is 11.4 Å². The summed E-state index contributed by atoms with van der Waals surface area (Å²) in [5.74, 6) is 0.741. The number of para-hydroxylation sites is 2. The molecule has 0 saturated heterocycles. The highest BCUT2D eigenvalue weighted by molar-refractivity contribution is 5.70. The van der Waals surface area contributed by atoms with Crippen molar-refractivity contribution in [3.63, 3.8) is 0 Å². The largest absolute Gasteiger partial charge is 0.496 e. The third-order valence-corrected chi connectivity index (χ3v) is 3.34. The van der Waals surface area contributed by atoms with Crippen LogP contribution in [0, 0.1) is 0 Å². The summed E-state index contributed by atoms with van der Waals surface area (Å²) in [5.41, 5.74) is 3.33. The third-order valence-electron chi connectivity index (χ3n) is 3.34. The van der Waals surface area contributed by atoms with E-state index < -0.39 is 0 Å². The number of nitrogens with zero attached hydrogens (tertiary/aromatic N) is 2. The number of hydrogen-bond donors (Lipinski definition) is 1. The first-order valence-electron chi connectivity index (χ1n) is 6.71. The Bertz CT molecular complexity index is 736. The van der Waals surface area contributed by atoms with E-state index >= 15 is 0 Å². The molecule has 0 aliphatic rings. The number of aliphatic hydroxyl groups is 1. The van der Waals surface area contributed by atoms with E-state index in [1.54, 1.807) is 11.8 Å². The highest BCUT2D eigenvalue weighted by Crippen LogP contribution is 2.31. The first kappa shape index (κ1) is 13.4. The van der Waals surface area contributed by atoms with Gasteiger partial charge in [0.15, 0.2) is 0 Å². The molecule has 3 rings (SSSR count). The van der Waals surface area contributed by atoms with Gasteiger partial charge >= 0.3 is 0 Å². The Morgan fingerprint density at radius 3 is 2.48 bits per heavy atom. The van der Waals surface area contributed by atoms with Crippen LogP contribution in [0.3, 0.4) is 0 Å². The van der Waals surface area contributed by atoms with Crippen LogP contribution in [0.1, 0.15) is 5.56 Å². The summed E-state index contributed by atoms with van der Waals surface area (Å²) < 4.78 is 7.15. The highest BCUT2D eigenvalue weighted by atomic mass is 16.5. The molecule has 0 aliphatic carbocycles. The minimum Gasteiger partial charge on any atom is -0.496 e. The van der Waals surface area contributed by atoms with Crippen LogP contribution in [0.5, 0.6) is 5.75 Å². The summed E-state index contributed by atoms with van der Waals surface area (Å²) in [6, 6.07) is 17.5. The second-order valence-electron chi connectivity index (χ2n) is 4.64. The van der Waals surface area contributed by atoms with Gasteiger partial charge in [-0.3, -0.25) is 0 Å². The van der Waals surface area contributed by atoms with Gasteiger partial charge < -0.3 is 9.84 Å². The van der Waals surface area contributed by atoms with Gasteiger partial charge in [-0.05, 0) is 24.3 Å². The van der Waals surface area contributed by atoms with Crippen molar-refractivity contribution in [1.82, 2.24) is 9.78 Å². The molecule has 21 heavy (non-hydrogen) atoms. The quantitative estimate of drug-likeness (QED) is 0.799. The van der Waals surface area contributed by atoms with Crippen molar-refractivity contribution in [2.75, 3.05) is 7.11 Å². The Hall–Kier alpha value is -2.59. The van der Waals surface area contributed by atoms with Crippen molar-refractivity contribution in [3.05, 3.63) is 66.4 Å². The average Bonchev–Trinajstić information content (AvgIpc) is 2.99. The van der Waals surface area contributed by atoms with E-state index in [2.05, 4.69) is 5.10 Å². The molecule has 2 aromatic carbocycles. The molecule has 4 nitrogen and oxygen atoms in total. The molecule has 0 saturated carbocycles. The first-order valence-corrected chi connectivity index (χ1v) is 6.71. The van der Waals surface area contributed by atoms with Crippen molar-refractivity contribution in [2.45, 2.75) is 6.61 Å². The fourth-order valence-electron chi connectivity index (χ4n) is 2.31. The van der Waals surface area contributed by atoms with Crippen LogP contribution < -0.4 is 4.74 Å². The van der Waals surface area contributed by atoms with E-state index in [1.807, 2.05) is 60.8 Å². The van der Waals surface area contributed by atoms with Crippen LogP contribution in [0.2, 0.25) is 0 Å². The highest BCUT2D eigenvalue weighted by Gasteiger charge is 2.14. The smallest absolute Gasteiger partial charge is 0.128 e. The predicted molar refractivity (Wildman–Crippen MR) is 81.5 cm³/mol. The fraction of sp³-hybridized carbons (Fsp3) is 0.118. The maximum atomic E-state index is 9.61. The van der Waals surface area contributed by atoms with Gasteiger partial charge in [0.05, 0.1) is 19.4 Å². The Morgan fingerprint density at radius 1 is 1.05 bits per heavy atom. The zero-order valence-electron chi connectivity index (χ0n) is 11.7. The molecule has 3 aromatic rings. The van der Waals surface area contributed by atoms with E-state index in [0.717, 1.165) is 28.3 Å². The maximum Gasteiger partial charge on any atom is 0.128 e. The van der Waals surface area contributed by atoms with Crippen LogP contribution in [-0.2, 0) is 6.61 Å². The summed E-state index contributed by atoms with van der Waals surface area (Å²) in [6.45, 7) is -0.0692. The molecular weight excluding hydrogens is 264 g/mol. The fourth-order valence-corrected chi connectivity index (χ4v) is 2.31. The molecule has 0 atom stereocenters. The molecule has 1 N–H and O–H groups in total. The van der Waals surface area contributed by atoms with E-state index in [0.29, 0.717) is 0 Å². The second kappa shape index (κ2) is 5.81. The van der Waals surface area contributed by atoms with Crippen LogP contribution in [0.25, 0.3) is 16.9 Å². The Balaban J connectivity index is 2.13. The molecule has 4 heteroatoms. The van der Waals surface area contributed by atoms with Crippen molar-refractivity contribution in [2.24, 2.45) is 0 Å². The lowest BCUT2D eigenvalue weighted by Crippen LogP contribution is -1.95. The Kier molecular flexibility index (Phi) is 3.71. The lowest BCUT2D eigenvalue weighted by atomic mass is 10.1. The number of hydrogen-bond acceptors (Lipinski definition) is 3. The third kappa shape index (κ3) is 2.53. The number of aromatic nitrogens is 2. The molecule has 0 fully saturated rings. The molecule has 1 aromatic heterocycles.